The molecule has 0 bridgehead atoms. The fourth-order valence-corrected chi connectivity index (χ4v) is 4.14. The molecule has 0 spiro atoms. The number of benzene rings is 1. The molecule has 1 aromatic heterocycles. The highest BCUT2D eigenvalue weighted by Crippen LogP contribution is 2.39. The Morgan fingerprint density at radius 3 is 3.09 bits per heavy atom. The van der Waals surface area contributed by atoms with Crippen LogP contribution in [-0.2, 0) is 11.3 Å². The van der Waals surface area contributed by atoms with Gasteiger partial charge in [-0.3, -0.25) is 9.69 Å². The maximum atomic E-state index is 11.7. The zero-order valence-corrected chi connectivity index (χ0v) is 13.4. The van der Waals surface area contributed by atoms with Gasteiger partial charge in [-0.2, -0.15) is 0 Å². The minimum absolute atomic E-state index is 0.170. The van der Waals surface area contributed by atoms with E-state index in [2.05, 4.69) is 15.2 Å². The molecule has 6 heteroatoms. The fraction of sp³-hybridized carbons (Fsp3) is 0.412. The molecule has 0 saturated carbocycles. The quantitative estimate of drug-likeness (QED) is 0.900. The molecular weight excluding hydrogens is 314 g/mol. The summed E-state index contributed by atoms with van der Waals surface area (Å²) in [6, 6.07) is 9.76. The number of aliphatic carboxylic acids is 1. The van der Waals surface area contributed by atoms with Crippen LogP contribution in [0.1, 0.15) is 5.69 Å². The Bertz CT molecular complexity index is 782. The van der Waals surface area contributed by atoms with Gasteiger partial charge in [0.1, 0.15) is 0 Å². The highest BCUT2D eigenvalue weighted by molar-refractivity contribution is 6.35. The Kier molecular flexibility index (Phi) is 3.52. The van der Waals surface area contributed by atoms with Crippen molar-refractivity contribution in [3.05, 3.63) is 41.0 Å². The molecule has 2 aliphatic rings. The maximum Gasteiger partial charge on any atom is 0.312 e. The van der Waals surface area contributed by atoms with Crippen LogP contribution in [0.15, 0.2) is 30.3 Å². The van der Waals surface area contributed by atoms with Crippen molar-refractivity contribution >= 4 is 28.5 Å². The molecule has 0 amide bonds. The SMILES string of the molecule is O=C(O)[C@]12CNC[C@H]1CN(Cc1ccc3cccc(Cl)c3n1)C2. The molecule has 2 atom stereocenters. The van der Waals surface area contributed by atoms with Crippen molar-refractivity contribution in [1.29, 1.82) is 0 Å². The van der Waals surface area contributed by atoms with E-state index in [4.69, 9.17) is 11.6 Å². The largest absolute Gasteiger partial charge is 0.481 e. The Hall–Kier alpha value is -1.69. The average Bonchev–Trinajstić information content (AvgIpc) is 3.06. The highest BCUT2D eigenvalue weighted by Gasteiger charge is 2.54. The second kappa shape index (κ2) is 5.44. The Balaban J connectivity index is 1.58. The van der Waals surface area contributed by atoms with E-state index < -0.39 is 11.4 Å². The molecule has 2 fully saturated rings. The van der Waals surface area contributed by atoms with Crippen LogP contribution in [-0.4, -0.2) is 47.1 Å². The lowest BCUT2D eigenvalue weighted by atomic mass is 9.81. The van der Waals surface area contributed by atoms with Crippen molar-refractivity contribution in [1.82, 2.24) is 15.2 Å². The summed E-state index contributed by atoms with van der Waals surface area (Å²) >= 11 is 6.23. The molecule has 23 heavy (non-hydrogen) atoms. The van der Waals surface area contributed by atoms with E-state index in [0.29, 0.717) is 24.7 Å². The standard InChI is InChI=1S/C17H18ClN3O2/c18-14-3-1-2-11-4-5-13(20-15(11)14)8-21-7-12-6-19-9-17(12,10-21)16(22)23/h1-5,12,19H,6-10H2,(H,22,23)/t12-,17-/m0/s1. The number of hydrogen-bond donors (Lipinski definition) is 2. The van der Waals surface area contributed by atoms with E-state index in [9.17, 15) is 9.90 Å². The Morgan fingerprint density at radius 2 is 2.30 bits per heavy atom. The number of para-hydroxylation sites is 1. The number of rotatable bonds is 3. The predicted molar refractivity (Wildman–Crippen MR) is 88.5 cm³/mol. The summed E-state index contributed by atoms with van der Waals surface area (Å²) in [7, 11) is 0. The van der Waals surface area contributed by atoms with Crippen molar-refractivity contribution in [2.75, 3.05) is 26.2 Å². The van der Waals surface area contributed by atoms with Crippen molar-refractivity contribution in [3.63, 3.8) is 0 Å². The summed E-state index contributed by atoms with van der Waals surface area (Å²) in [5, 5.41) is 14.5. The van der Waals surface area contributed by atoms with E-state index in [0.717, 1.165) is 29.7 Å². The van der Waals surface area contributed by atoms with Crippen LogP contribution in [0.3, 0.4) is 0 Å². The number of carbonyl (C=O) groups is 1. The molecule has 2 saturated heterocycles. The first-order chi connectivity index (χ1) is 11.1. The third-order valence-electron chi connectivity index (χ3n) is 5.14. The number of carboxylic acid groups (broad SMARTS) is 1. The Morgan fingerprint density at radius 1 is 1.43 bits per heavy atom. The lowest BCUT2D eigenvalue weighted by Gasteiger charge is -2.22. The van der Waals surface area contributed by atoms with Crippen LogP contribution >= 0.6 is 11.6 Å². The smallest absolute Gasteiger partial charge is 0.312 e. The van der Waals surface area contributed by atoms with Gasteiger partial charge in [-0.15, -0.1) is 0 Å². The van der Waals surface area contributed by atoms with E-state index in [-0.39, 0.29) is 5.92 Å². The third-order valence-corrected chi connectivity index (χ3v) is 5.44. The molecule has 2 aromatic rings. The van der Waals surface area contributed by atoms with Crippen LogP contribution < -0.4 is 5.32 Å². The second-order valence-corrected chi connectivity index (χ2v) is 6.98. The van der Waals surface area contributed by atoms with Gasteiger partial charge in [-0.1, -0.05) is 29.8 Å². The fourth-order valence-electron chi connectivity index (χ4n) is 3.92. The molecule has 4 rings (SSSR count). The summed E-state index contributed by atoms with van der Waals surface area (Å²) in [6.45, 7) is 3.36. The average molecular weight is 332 g/mol. The highest BCUT2D eigenvalue weighted by atomic mass is 35.5. The first-order valence-corrected chi connectivity index (χ1v) is 8.17. The minimum Gasteiger partial charge on any atom is -0.481 e. The zero-order valence-electron chi connectivity index (χ0n) is 12.6. The molecule has 1 aromatic carbocycles. The van der Waals surface area contributed by atoms with Gasteiger partial charge in [-0.25, -0.2) is 4.98 Å². The number of aromatic nitrogens is 1. The second-order valence-electron chi connectivity index (χ2n) is 6.57. The number of pyridine rings is 1. The topological polar surface area (TPSA) is 65.5 Å². The number of nitrogens with one attached hydrogen (secondary N) is 1. The van der Waals surface area contributed by atoms with Crippen LogP contribution in [0.5, 0.6) is 0 Å². The first kappa shape index (κ1) is 14.9. The molecule has 0 radical (unpaired) electrons. The summed E-state index contributed by atoms with van der Waals surface area (Å²) in [5.41, 5.74) is 1.09. The van der Waals surface area contributed by atoms with Gasteiger partial charge in [0.15, 0.2) is 0 Å². The molecular formula is C17H18ClN3O2. The monoisotopic (exact) mass is 331 g/mol. The van der Waals surface area contributed by atoms with E-state index >= 15 is 0 Å². The predicted octanol–water partition coefficient (Wildman–Crippen LogP) is 1.99. The lowest BCUT2D eigenvalue weighted by Crippen LogP contribution is -2.40. The number of nitrogens with zero attached hydrogens (tertiary/aromatic N) is 2. The normalized spacial score (nSPS) is 27.4. The van der Waals surface area contributed by atoms with E-state index in [1.165, 1.54) is 0 Å². The number of carboxylic acids is 1. The van der Waals surface area contributed by atoms with Crippen molar-refractivity contribution < 1.29 is 9.90 Å². The van der Waals surface area contributed by atoms with Crippen molar-refractivity contribution in [2.45, 2.75) is 6.54 Å². The van der Waals surface area contributed by atoms with Gasteiger partial charge in [0.05, 0.1) is 21.6 Å². The van der Waals surface area contributed by atoms with Crippen LogP contribution in [0.25, 0.3) is 10.9 Å². The summed E-state index contributed by atoms with van der Waals surface area (Å²) < 4.78 is 0. The molecule has 0 unspecified atom stereocenters. The molecule has 120 valence electrons. The molecule has 2 aliphatic heterocycles. The van der Waals surface area contributed by atoms with Crippen LogP contribution in [0.2, 0.25) is 5.02 Å². The minimum atomic E-state index is -0.690. The molecule has 2 N–H and O–H groups in total. The van der Waals surface area contributed by atoms with Gasteiger partial charge in [0, 0.05) is 44.0 Å². The van der Waals surface area contributed by atoms with Gasteiger partial charge in [0.2, 0.25) is 0 Å². The van der Waals surface area contributed by atoms with E-state index in [1.807, 2.05) is 30.3 Å². The number of fused-ring (bicyclic) bond motifs is 2. The van der Waals surface area contributed by atoms with Gasteiger partial charge < -0.3 is 10.4 Å². The van der Waals surface area contributed by atoms with Gasteiger partial charge in [-0.05, 0) is 12.1 Å². The van der Waals surface area contributed by atoms with Gasteiger partial charge in [0.25, 0.3) is 0 Å². The number of hydrogen-bond acceptors (Lipinski definition) is 4. The summed E-state index contributed by atoms with van der Waals surface area (Å²) in [5.74, 6) is -0.520. The van der Waals surface area contributed by atoms with Crippen LogP contribution in [0, 0.1) is 11.3 Å². The molecule has 3 heterocycles. The van der Waals surface area contributed by atoms with Crippen LogP contribution in [0.4, 0.5) is 0 Å². The lowest BCUT2D eigenvalue weighted by molar-refractivity contribution is -0.148. The van der Waals surface area contributed by atoms with Crippen molar-refractivity contribution in [2.24, 2.45) is 11.3 Å². The summed E-state index contributed by atoms with van der Waals surface area (Å²) in [6.07, 6.45) is 0. The number of likely N-dealkylation sites (tertiary alicyclic amines) is 1. The number of halogens is 1. The van der Waals surface area contributed by atoms with Gasteiger partial charge >= 0.3 is 5.97 Å². The first-order valence-electron chi connectivity index (χ1n) is 7.79. The maximum absolute atomic E-state index is 11.7. The molecule has 5 nitrogen and oxygen atoms in total. The molecule has 0 aliphatic carbocycles. The van der Waals surface area contributed by atoms with Crippen molar-refractivity contribution in [3.8, 4) is 0 Å². The third kappa shape index (κ3) is 2.40. The zero-order chi connectivity index (χ0) is 16.0. The van der Waals surface area contributed by atoms with E-state index in [1.54, 1.807) is 0 Å². The Labute approximate surface area is 139 Å². The summed E-state index contributed by atoms with van der Waals surface area (Å²) in [4.78, 5) is 18.6.